The van der Waals surface area contributed by atoms with Crippen molar-refractivity contribution in [3.63, 3.8) is 0 Å². The van der Waals surface area contributed by atoms with Gasteiger partial charge in [-0.1, -0.05) is 54.1 Å². The molecule has 0 aliphatic carbocycles. The molecule has 2 atom stereocenters. The van der Waals surface area contributed by atoms with Crippen LogP contribution in [0.15, 0.2) is 59.6 Å². The second-order valence-corrected chi connectivity index (χ2v) is 8.62. The Bertz CT molecular complexity index is 855. The maximum atomic E-state index is 14.1. The maximum Gasteiger partial charge on any atom is 0.146 e. The normalized spacial score (nSPS) is 24.2. The third-order valence-electron chi connectivity index (χ3n) is 6.10. The molecule has 160 valence electrons. The molecule has 4 rings (SSSR count). The summed E-state index contributed by atoms with van der Waals surface area (Å²) in [6.45, 7) is 5.42. The molecular formula is C24H29ClFN3O. The van der Waals surface area contributed by atoms with E-state index < -0.39 is 6.10 Å². The highest BCUT2D eigenvalue weighted by Gasteiger charge is 2.34. The van der Waals surface area contributed by atoms with Gasteiger partial charge in [-0.25, -0.2) is 4.39 Å². The average Bonchev–Trinajstić information content (AvgIpc) is 2.75. The SMILES string of the molecule is O[C@@H]1CN(C/C(Cl)=C/c2ccccc2)CC[C@H]1N1CCN(c2ccccc2F)CC1. The molecule has 2 saturated heterocycles. The summed E-state index contributed by atoms with van der Waals surface area (Å²) in [6, 6.07) is 17.2. The van der Waals surface area contributed by atoms with E-state index in [2.05, 4.69) is 14.7 Å². The Morgan fingerprint density at radius 3 is 2.40 bits per heavy atom. The van der Waals surface area contributed by atoms with E-state index in [0.717, 1.165) is 49.7 Å². The van der Waals surface area contributed by atoms with Crippen LogP contribution in [0.2, 0.25) is 0 Å². The summed E-state index contributed by atoms with van der Waals surface area (Å²) in [5, 5.41) is 11.6. The lowest BCUT2D eigenvalue weighted by atomic mass is 9.99. The number of aliphatic hydroxyl groups is 1. The summed E-state index contributed by atoms with van der Waals surface area (Å²) in [6.07, 6.45) is 2.50. The molecule has 2 aromatic rings. The predicted octanol–water partition coefficient (Wildman–Crippen LogP) is 3.66. The number of benzene rings is 2. The molecule has 2 fully saturated rings. The minimum atomic E-state index is -0.403. The smallest absolute Gasteiger partial charge is 0.146 e. The molecule has 2 aliphatic heterocycles. The van der Waals surface area contributed by atoms with E-state index in [1.165, 1.54) is 6.07 Å². The van der Waals surface area contributed by atoms with Crippen molar-refractivity contribution in [1.29, 1.82) is 0 Å². The topological polar surface area (TPSA) is 30.0 Å². The van der Waals surface area contributed by atoms with Crippen molar-refractivity contribution in [2.45, 2.75) is 18.6 Å². The summed E-state index contributed by atoms with van der Waals surface area (Å²) < 4.78 is 14.1. The van der Waals surface area contributed by atoms with Gasteiger partial charge in [0.1, 0.15) is 5.82 Å². The average molecular weight is 430 g/mol. The number of aliphatic hydroxyl groups excluding tert-OH is 1. The van der Waals surface area contributed by atoms with Crippen LogP contribution >= 0.6 is 11.6 Å². The molecule has 0 spiro atoms. The van der Waals surface area contributed by atoms with Gasteiger partial charge in [0.05, 0.1) is 11.8 Å². The van der Waals surface area contributed by atoms with E-state index in [9.17, 15) is 9.50 Å². The van der Waals surface area contributed by atoms with Crippen LogP contribution in [-0.4, -0.2) is 72.9 Å². The van der Waals surface area contributed by atoms with Gasteiger partial charge < -0.3 is 10.0 Å². The molecule has 30 heavy (non-hydrogen) atoms. The number of nitrogens with zero attached hydrogens (tertiary/aromatic N) is 3. The van der Waals surface area contributed by atoms with Gasteiger partial charge in [0, 0.05) is 56.9 Å². The number of piperidine rings is 1. The number of rotatable bonds is 5. The maximum absolute atomic E-state index is 14.1. The monoisotopic (exact) mass is 429 g/mol. The van der Waals surface area contributed by atoms with Gasteiger partial charge in [0.25, 0.3) is 0 Å². The van der Waals surface area contributed by atoms with E-state index >= 15 is 0 Å². The minimum absolute atomic E-state index is 0.154. The number of anilines is 1. The molecule has 0 radical (unpaired) electrons. The number of hydrogen-bond donors (Lipinski definition) is 1. The molecule has 1 N–H and O–H groups in total. The Morgan fingerprint density at radius 2 is 1.70 bits per heavy atom. The molecule has 2 aliphatic rings. The number of likely N-dealkylation sites (tertiary alicyclic amines) is 1. The molecule has 6 heteroatoms. The van der Waals surface area contributed by atoms with Crippen molar-refractivity contribution in [2.75, 3.05) is 50.7 Å². The molecule has 2 aromatic carbocycles. The Morgan fingerprint density at radius 1 is 1.00 bits per heavy atom. The van der Waals surface area contributed by atoms with E-state index in [4.69, 9.17) is 11.6 Å². The lowest BCUT2D eigenvalue weighted by molar-refractivity contribution is -0.0119. The molecule has 2 heterocycles. The fourth-order valence-corrected chi connectivity index (χ4v) is 4.84. The van der Waals surface area contributed by atoms with Crippen molar-refractivity contribution >= 4 is 23.4 Å². The zero-order valence-corrected chi connectivity index (χ0v) is 17.9. The van der Waals surface area contributed by atoms with Crippen LogP contribution in [0.1, 0.15) is 12.0 Å². The van der Waals surface area contributed by atoms with Crippen LogP contribution in [0, 0.1) is 5.82 Å². The van der Waals surface area contributed by atoms with Crippen molar-refractivity contribution < 1.29 is 9.50 Å². The molecule has 0 unspecified atom stereocenters. The largest absolute Gasteiger partial charge is 0.390 e. The molecule has 0 saturated carbocycles. The lowest BCUT2D eigenvalue weighted by Crippen LogP contribution is -2.59. The van der Waals surface area contributed by atoms with Gasteiger partial charge in [-0.3, -0.25) is 9.80 Å². The Labute approximate surface area is 183 Å². The lowest BCUT2D eigenvalue weighted by Gasteiger charge is -2.45. The van der Waals surface area contributed by atoms with Gasteiger partial charge in [-0.05, 0) is 30.2 Å². The first-order chi connectivity index (χ1) is 14.6. The first-order valence-corrected chi connectivity index (χ1v) is 11.0. The fourth-order valence-electron chi connectivity index (χ4n) is 4.55. The summed E-state index contributed by atoms with van der Waals surface area (Å²) in [4.78, 5) is 6.68. The van der Waals surface area contributed by atoms with Crippen molar-refractivity contribution in [3.05, 3.63) is 71.0 Å². The number of hydrogen-bond acceptors (Lipinski definition) is 4. The highest BCUT2D eigenvalue weighted by molar-refractivity contribution is 6.31. The van der Waals surface area contributed by atoms with E-state index in [1.807, 2.05) is 48.5 Å². The minimum Gasteiger partial charge on any atom is -0.390 e. The fraction of sp³-hybridized carbons (Fsp3) is 0.417. The molecule has 0 amide bonds. The summed E-state index contributed by atoms with van der Waals surface area (Å²) in [5.74, 6) is -0.167. The highest BCUT2D eigenvalue weighted by atomic mass is 35.5. The van der Waals surface area contributed by atoms with Crippen LogP contribution in [-0.2, 0) is 0 Å². The summed E-state index contributed by atoms with van der Waals surface area (Å²) in [5.41, 5.74) is 1.76. The summed E-state index contributed by atoms with van der Waals surface area (Å²) in [7, 11) is 0. The third kappa shape index (κ3) is 5.22. The Balaban J connectivity index is 1.28. The summed E-state index contributed by atoms with van der Waals surface area (Å²) >= 11 is 6.46. The molecule has 0 aromatic heterocycles. The third-order valence-corrected chi connectivity index (χ3v) is 6.33. The van der Waals surface area contributed by atoms with Crippen molar-refractivity contribution in [2.24, 2.45) is 0 Å². The van der Waals surface area contributed by atoms with Crippen molar-refractivity contribution in [3.8, 4) is 0 Å². The molecule has 4 nitrogen and oxygen atoms in total. The highest BCUT2D eigenvalue weighted by Crippen LogP contribution is 2.24. The number of para-hydroxylation sites is 1. The van der Waals surface area contributed by atoms with Crippen LogP contribution in [0.5, 0.6) is 0 Å². The van der Waals surface area contributed by atoms with Gasteiger partial charge in [-0.2, -0.15) is 0 Å². The quantitative estimate of drug-likeness (QED) is 0.785. The zero-order chi connectivity index (χ0) is 20.9. The molecule has 0 bridgehead atoms. The van der Waals surface area contributed by atoms with Crippen LogP contribution in [0.4, 0.5) is 10.1 Å². The van der Waals surface area contributed by atoms with Gasteiger partial charge >= 0.3 is 0 Å². The van der Waals surface area contributed by atoms with E-state index in [1.54, 1.807) is 6.07 Å². The number of β-amino-alcohol motifs (C(OH)–C–C–N with tert-alkyl or cyclic N) is 1. The van der Waals surface area contributed by atoms with Crippen LogP contribution < -0.4 is 4.90 Å². The van der Waals surface area contributed by atoms with Crippen molar-refractivity contribution in [1.82, 2.24) is 9.80 Å². The second kappa shape index (κ2) is 9.92. The van der Waals surface area contributed by atoms with Gasteiger partial charge in [0.2, 0.25) is 0 Å². The first kappa shape index (κ1) is 21.3. The van der Waals surface area contributed by atoms with Gasteiger partial charge in [-0.15, -0.1) is 0 Å². The van der Waals surface area contributed by atoms with Gasteiger partial charge in [0.15, 0.2) is 0 Å². The zero-order valence-electron chi connectivity index (χ0n) is 17.1. The molecular weight excluding hydrogens is 401 g/mol. The van der Waals surface area contributed by atoms with E-state index in [0.29, 0.717) is 18.8 Å². The Hall–Kier alpha value is -1.92. The van der Waals surface area contributed by atoms with E-state index in [-0.39, 0.29) is 11.9 Å². The standard InChI is InChI=1S/C24H29ClFN3O/c25-20(16-19-6-2-1-3-7-19)17-27-11-10-23(24(30)18-27)29-14-12-28(13-15-29)22-9-5-4-8-21(22)26/h1-9,16,23-24,30H,10-15,17-18H2/b20-16-/t23-,24-/m1/s1. The van der Waals surface area contributed by atoms with Crippen LogP contribution in [0.3, 0.4) is 0 Å². The van der Waals surface area contributed by atoms with Crippen LogP contribution in [0.25, 0.3) is 6.08 Å². The first-order valence-electron chi connectivity index (χ1n) is 10.7. The number of piperazine rings is 1. The number of halogens is 2. The predicted molar refractivity (Wildman–Crippen MR) is 121 cm³/mol. The second-order valence-electron chi connectivity index (χ2n) is 8.13. The Kier molecular flexibility index (Phi) is 7.05.